The fourth-order valence-corrected chi connectivity index (χ4v) is 4.26. The number of hydrogen-bond acceptors (Lipinski definition) is 6. The van der Waals surface area contributed by atoms with Crippen LogP contribution in [-0.4, -0.2) is 58.5 Å². The molecule has 0 atom stereocenters. The minimum Gasteiger partial charge on any atom is -0.465 e. The quantitative estimate of drug-likeness (QED) is 0.580. The van der Waals surface area contributed by atoms with Gasteiger partial charge in [-0.1, -0.05) is 38.2 Å². The van der Waals surface area contributed by atoms with Crippen LogP contribution in [0.4, 0.5) is 0 Å². The van der Waals surface area contributed by atoms with Crippen molar-refractivity contribution in [3.8, 4) is 0 Å². The van der Waals surface area contributed by atoms with Gasteiger partial charge in [-0.2, -0.15) is 0 Å². The van der Waals surface area contributed by atoms with Gasteiger partial charge >= 0.3 is 5.97 Å². The minimum atomic E-state index is -0.661. The average Bonchev–Trinajstić information content (AvgIpc) is 2.82. The van der Waals surface area contributed by atoms with Gasteiger partial charge in [0, 0.05) is 31.7 Å². The highest BCUT2D eigenvalue weighted by atomic mass is 16.5. The molecule has 2 heterocycles. The summed E-state index contributed by atoms with van der Waals surface area (Å²) >= 11 is 0. The summed E-state index contributed by atoms with van der Waals surface area (Å²) in [5.41, 5.74) is -0.233. The molecule has 2 aromatic rings. The van der Waals surface area contributed by atoms with E-state index < -0.39 is 23.2 Å². The Hall–Kier alpha value is -3.49. The second-order valence-corrected chi connectivity index (χ2v) is 8.89. The van der Waals surface area contributed by atoms with Crippen LogP contribution in [0, 0.1) is 0 Å². The first kappa shape index (κ1) is 26.1. The predicted octanol–water partition coefficient (Wildman–Crippen LogP) is 2.77. The van der Waals surface area contributed by atoms with E-state index in [-0.39, 0.29) is 36.9 Å². The second-order valence-electron chi connectivity index (χ2n) is 8.89. The summed E-state index contributed by atoms with van der Waals surface area (Å²) in [5, 5.41) is 3.01. The van der Waals surface area contributed by atoms with Gasteiger partial charge in [-0.05, 0) is 31.9 Å². The predicted molar refractivity (Wildman–Crippen MR) is 131 cm³/mol. The highest BCUT2D eigenvalue weighted by Crippen LogP contribution is 2.17. The number of pyridine rings is 2. The Labute approximate surface area is 205 Å². The molecule has 9 heteroatoms. The van der Waals surface area contributed by atoms with E-state index in [1.807, 2.05) is 12.1 Å². The first-order chi connectivity index (χ1) is 16.9. The maximum absolute atomic E-state index is 13.3. The van der Waals surface area contributed by atoms with E-state index in [4.69, 9.17) is 4.74 Å². The van der Waals surface area contributed by atoms with Gasteiger partial charge in [0.05, 0.1) is 18.8 Å². The lowest BCUT2D eigenvalue weighted by molar-refractivity contribution is -0.143. The van der Waals surface area contributed by atoms with Crippen LogP contribution in [0.25, 0.3) is 0 Å². The second kappa shape index (κ2) is 12.8. The van der Waals surface area contributed by atoms with E-state index in [9.17, 15) is 19.2 Å². The van der Waals surface area contributed by atoms with Gasteiger partial charge < -0.3 is 19.5 Å². The fourth-order valence-electron chi connectivity index (χ4n) is 4.26. The molecule has 0 aliphatic heterocycles. The normalized spacial score (nSPS) is 14.5. The standard InChI is InChI=1S/C26H34N4O5/c1-3-35-23(31)18-29(2)26(34)22-17-30(15-20-13-9-10-14-27-20)16-21(24(22)32)25(33)28-19-11-7-5-4-6-8-12-19/h9-10,13-14,16-17,19H,3-8,11-12,15,18H2,1-2H3,(H,28,33). The lowest BCUT2D eigenvalue weighted by atomic mass is 9.96. The summed E-state index contributed by atoms with van der Waals surface area (Å²) in [6.45, 7) is 1.83. The van der Waals surface area contributed by atoms with Crippen LogP contribution in [0.5, 0.6) is 0 Å². The highest BCUT2D eigenvalue weighted by Gasteiger charge is 2.24. The van der Waals surface area contributed by atoms with E-state index in [2.05, 4.69) is 10.3 Å². The fraction of sp³-hybridized carbons (Fsp3) is 0.500. The smallest absolute Gasteiger partial charge is 0.325 e. The zero-order valence-corrected chi connectivity index (χ0v) is 20.5. The largest absolute Gasteiger partial charge is 0.465 e. The third-order valence-corrected chi connectivity index (χ3v) is 6.08. The van der Waals surface area contributed by atoms with Gasteiger partial charge in [-0.3, -0.25) is 24.2 Å². The molecule has 0 aromatic carbocycles. The molecule has 188 valence electrons. The minimum absolute atomic E-state index is 0.00251. The molecule has 3 rings (SSSR count). The lowest BCUT2D eigenvalue weighted by Crippen LogP contribution is -2.41. The summed E-state index contributed by atoms with van der Waals surface area (Å²) in [4.78, 5) is 56.9. The zero-order valence-electron chi connectivity index (χ0n) is 20.5. The molecule has 0 saturated heterocycles. The van der Waals surface area contributed by atoms with E-state index in [0.29, 0.717) is 5.69 Å². The van der Waals surface area contributed by atoms with Crippen molar-refractivity contribution >= 4 is 17.8 Å². The van der Waals surface area contributed by atoms with Gasteiger partial charge in [-0.15, -0.1) is 0 Å². The monoisotopic (exact) mass is 482 g/mol. The molecule has 0 spiro atoms. The molecule has 0 bridgehead atoms. The molecular weight excluding hydrogens is 448 g/mol. The summed E-state index contributed by atoms with van der Waals surface area (Å²) in [7, 11) is 1.42. The van der Waals surface area contributed by atoms with E-state index in [0.717, 1.165) is 43.4 Å². The summed E-state index contributed by atoms with van der Waals surface area (Å²) in [5.74, 6) is -1.72. The Morgan fingerprint density at radius 2 is 1.77 bits per heavy atom. The van der Waals surface area contributed by atoms with Gasteiger partial charge in [0.15, 0.2) is 0 Å². The number of rotatable bonds is 8. The van der Waals surface area contributed by atoms with Gasteiger partial charge in [0.2, 0.25) is 5.43 Å². The van der Waals surface area contributed by atoms with Gasteiger partial charge in [-0.25, -0.2) is 0 Å². The summed E-state index contributed by atoms with van der Waals surface area (Å²) < 4.78 is 6.52. The maximum atomic E-state index is 13.3. The molecule has 2 amide bonds. The van der Waals surface area contributed by atoms with Crippen molar-refractivity contribution in [2.45, 2.75) is 64.5 Å². The van der Waals surface area contributed by atoms with Crippen molar-refractivity contribution in [1.29, 1.82) is 0 Å². The van der Waals surface area contributed by atoms with Crippen molar-refractivity contribution in [2.24, 2.45) is 0 Å². The average molecular weight is 483 g/mol. The van der Waals surface area contributed by atoms with Crippen molar-refractivity contribution < 1.29 is 19.1 Å². The number of ether oxygens (including phenoxy) is 1. The van der Waals surface area contributed by atoms with E-state index in [1.165, 1.54) is 25.9 Å². The van der Waals surface area contributed by atoms with Crippen LogP contribution < -0.4 is 10.7 Å². The van der Waals surface area contributed by atoms with Crippen molar-refractivity contribution in [1.82, 2.24) is 19.8 Å². The number of nitrogens with one attached hydrogen (secondary N) is 1. The van der Waals surface area contributed by atoms with Crippen LogP contribution in [0.15, 0.2) is 41.6 Å². The van der Waals surface area contributed by atoms with Crippen molar-refractivity contribution in [3.05, 3.63) is 63.8 Å². The van der Waals surface area contributed by atoms with E-state index >= 15 is 0 Å². The Kier molecular flexibility index (Phi) is 9.57. The van der Waals surface area contributed by atoms with Crippen molar-refractivity contribution in [3.63, 3.8) is 0 Å². The number of amides is 2. The molecule has 35 heavy (non-hydrogen) atoms. The Bertz CT molecular complexity index is 1070. The molecule has 9 nitrogen and oxygen atoms in total. The number of carbonyl (C=O) groups is 3. The Balaban J connectivity index is 1.91. The summed E-state index contributed by atoms with van der Waals surface area (Å²) in [6, 6.07) is 5.45. The Morgan fingerprint density at radius 1 is 1.09 bits per heavy atom. The van der Waals surface area contributed by atoms with Crippen LogP contribution in [0.1, 0.15) is 78.3 Å². The van der Waals surface area contributed by atoms with E-state index in [1.54, 1.807) is 23.8 Å². The lowest BCUT2D eigenvalue weighted by Gasteiger charge is -2.22. The van der Waals surface area contributed by atoms with Gasteiger partial charge in [0.25, 0.3) is 11.8 Å². The molecule has 2 aromatic heterocycles. The van der Waals surface area contributed by atoms with Crippen molar-refractivity contribution in [2.75, 3.05) is 20.2 Å². The molecule has 1 saturated carbocycles. The number of likely N-dealkylation sites (N-methyl/N-ethyl adjacent to an activating group) is 1. The third kappa shape index (κ3) is 7.50. The first-order valence-corrected chi connectivity index (χ1v) is 12.2. The van der Waals surface area contributed by atoms with Crippen LogP contribution >= 0.6 is 0 Å². The summed E-state index contributed by atoms with van der Waals surface area (Å²) in [6.07, 6.45) is 11.8. The molecule has 1 aliphatic carbocycles. The number of aromatic nitrogens is 2. The van der Waals surface area contributed by atoms with Crippen LogP contribution in [-0.2, 0) is 16.1 Å². The number of esters is 1. The molecule has 0 radical (unpaired) electrons. The third-order valence-electron chi connectivity index (χ3n) is 6.08. The molecule has 1 N–H and O–H groups in total. The van der Waals surface area contributed by atoms with Crippen LogP contribution in [0.3, 0.4) is 0 Å². The topological polar surface area (TPSA) is 111 Å². The van der Waals surface area contributed by atoms with Crippen LogP contribution in [0.2, 0.25) is 0 Å². The number of hydrogen-bond donors (Lipinski definition) is 1. The molecule has 1 fully saturated rings. The first-order valence-electron chi connectivity index (χ1n) is 12.2. The molecular formula is C26H34N4O5. The Morgan fingerprint density at radius 3 is 2.43 bits per heavy atom. The SMILES string of the molecule is CCOC(=O)CN(C)C(=O)c1cn(Cc2ccccn2)cc(C(=O)NC2CCCCCCC2)c1=O. The molecule has 1 aliphatic rings. The highest BCUT2D eigenvalue weighted by molar-refractivity contribution is 5.99. The zero-order chi connectivity index (χ0) is 25.2. The van der Waals surface area contributed by atoms with Gasteiger partial charge in [0.1, 0.15) is 17.7 Å². The molecule has 0 unspecified atom stereocenters. The number of nitrogens with zero attached hydrogens (tertiary/aromatic N) is 3. The number of carbonyl (C=O) groups excluding carboxylic acids is 3. The maximum Gasteiger partial charge on any atom is 0.325 e.